The molecule has 0 saturated heterocycles. The number of carbonyl (C=O) groups excluding carboxylic acids is 1. The van der Waals surface area contributed by atoms with Crippen LogP contribution in [0.3, 0.4) is 0 Å². The average molecular weight is 484 g/mol. The van der Waals surface area contributed by atoms with E-state index in [0.29, 0.717) is 29.2 Å². The number of halogens is 1. The predicted octanol–water partition coefficient (Wildman–Crippen LogP) is 4.14. The highest BCUT2D eigenvalue weighted by molar-refractivity contribution is 9.10. The Bertz CT molecular complexity index is 928. The summed E-state index contributed by atoms with van der Waals surface area (Å²) in [6, 6.07) is 6.67. The van der Waals surface area contributed by atoms with Crippen LogP contribution in [0.1, 0.15) is 58.8 Å². The maximum Gasteiger partial charge on any atom is 0.244 e. The second-order valence-electron chi connectivity index (χ2n) is 10.2. The van der Waals surface area contributed by atoms with Crippen LogP contribution in [-0.4, -0.2) is 41.8 Å². The first kappa shape index (κ1) is 21.5. The van der Waals surface area contributed by atoms with E-state index in [1.54, 1.807) is 38.1 Å². The molecule has 29 heavy (non-hydrogen) atoms. The van der Waals surface area contributed by atoms with Gasteiger partial charge in [0, 0.05) is 17.9 Å². The summed E-state index contributed by atoms with van der Waals surface area (Å²) in [5.74, 6) is 0.930. The number of rotatable bonds is 6. The summed E-state index contributed by atoms with van der Waals surface area (Å²) in [4.78, 5) is 13.6. The van der Waals surface area contributed by atoms with Gasteiger partial charge in [0.05, 0.1) is 16.0 Å². The first-order chi connectivity index (χ1) is 13.4. The van der Waals surface area contributed by atoms with Gasteiger partial charge in [0.25, 0.3) is 0 Å². The van der Waals surface area contributed by atoms with Crippen molar-refractivity contribution in [3.63, 3.8) is 0 Å². The molecule has 4 aliphatic carbocycles. The Kier molecular flexibility index (Phi) is 5.09. The van der Waals surface area contributed by atoms with Crippen molar-refractivity contribution in [2.75, 3.05) is 7.05 Å². The van der Waals surface area contributed by atoms with E-state index in [1.165, 1.54) is 11.4 Å². The molecular weight excluding hydrogens is 454 g/mol. The number of aliphatic hydroxyl groups is 1. The van der Waals surface area contributed by atoms with Crippen molar-refractivity contribution in [3.05, 3.63) is 28.7 Å². The largest absolute Gasteiger partial charge is 0.390 e. The van der Waals surface area contributed by atoms with Gasteiger partial charge < -0.3 is 5.11 Å². The van der Waals surface area contributed by atoms with Crippen LogP contribution in [0.2, 0.25) is 0 Å². The number of ketones is 1. The van der Waals surface area contributed by atoms with Gasteiger partial charge in [-0.25, -0.2) is 8.42 Å². The van der Waals surface area contributed by atoms with Gasteiger partial charge in [0.2, 0.25) is 10.0 Å². The summed E-state index contributed by atoms with van der Waals surface area (Å²) >= 11 is 3.32. The molecule has 4 bridgehead atoms. The molecular formula is C22H30BrNO4S. The Morgan fingerprint density at radius 1 is 1.21 bits per heavy atom. The van der Waals surface area contributed by atoms with E-state index < -0.39 is 21.2 Å². The Hall–Kier alpha value is -0.760. The smallest absolute Gasteiger partial charge is 0.244 e. The first-order valence-corrected chi connectivity index (χ1v) is 12.6. The molecule has 5 rings (SSSR count). The van der Waals surface area contributed by atoms with E-state index in [0.717, 1.165) is 32.1 Å². The minimum atomic E-state index is -3.83. The zero-order valence-corrected chi connectivity index (χ0v) is 19.7. The zero-order valence-electron chi connectivity index (χ0n) is 17.3. The Labute approximate surface area is 182 Å². The molecule has 160 valence electrons. The van der Waals surface area contributed by atoms with E-state index in [2.05, 4.69) is 15.9 Å². The molecule has 1 aromatic carbocycles. The van der Waals surface area contributed by atoms with Crippen molar-refractivity contribution in [1.29, 1.82) is 0 Å². The van der Waals surface area contributed by atoms with Gasteiger partial charge in [0.15, 0.2) is 5.78 Å². The van der Waals surface area contributed by atoms with Crippen LogP contribution in [0.15, 0.2) is 33.6 Å². The van der Waals surface area contributed by atoms with Crippen molar-refractivity contribution in [2.45, 2.75) is 74.8 Å². The summed E-state index contributed by atoms with van der Waals surface area (Å²) in [7, 11) is -2.35. The van der Waals surface area contributed by atoms with Gasteiger partial charge in [-0.3, -0.25) is 4.79 Å². The standard InChI is InChI=1S/C22H30BrNO4S/c1-20(2,24(3)29(27,28)18-7-5-4-6-17(18)23)19(25)13-21-9-15-8-16(10-21)12-22(26,11-15)14-21/h4-7,15-16,26H,8-14H2,1-3H3. The first-order valence-electron chi connectivity index (χ1n) is 10.4. The van der Waals surface area contributed by atoms with Gasteiger partial charge >= 0.3 is 0 Å². The molecule has 0 aromatic heterocycles. The third-order valence-corrected chi connectivity index (χ3v) is 10.7. The molecule has 7 heteroatoms. The van der Waals surface area contributed by atoms with E-state index in [9.17, 15) is 18.3 Å². The van der Waals surface area contributed by atoms with Crippen LogP contribution in [0.5, 0.6) is 0 Å². The Balaban J connectivity index is 1.57. The number of sulfonamides is 1. The molecule has 4 saturated carbocycles. The molecule has 2 atom stereocenters. The Morgan fingerprint density at radius 2 is 1.79 bits per heavy atom. The molecule has 1 N–H and O–H groups in total. The highest BCUT2D eigenvalue weighted by Crippen LogP contribution is 2.63. The summed E-state index contributed by atoms with van der Waals surface area (Å²) in [5.41, 5.74) is -1.97. The lowest BCUT2D eigenvalue weighted by molar-refractivity contribution is -0.170. The summed E-state index contributed by atoms with van der Waals surface area (Å²) in [5, 5.41) is 11.0. The van der Waals surface area contributed by atoms with Crippen molar-refractivity contribution in [1.82, 2.24) is 4.31 Å². The van der Waals surface area contributed by atoms with E-state index in [1.807, 2.05) is 0 Å². The minimum Gasteiger partial charge on any atom is -0.390 e. The fourth-order valence-electron chi connectivity index (χ4n) is 6.44. The number of hydrogen-bond acceptors (Lipinski definition) is 4. The van der Waals surface area contributed by atoms with Gasteiger partial charge in [-0.2, -0.15) is 4.31 Å². The van der Waals surface area contributed by atoms with Crippen LogP contribution < -0.4 is 0 Å². The fraction of sp³-hybridized carbons (Fsp3) is 0.682. The maximum absolute atomic E-state index is 13.5. The second kappa shape index (κ2) is 6.87. The number of Topliss-reactive ketones (excluding diaryl/α,β-unsaturated/α-hetero) is 1. The molecule has 1 aromatic rings. The molecule has 4 fully saturated rings. The lowest BCUT2D eigenvalue weighted by Crippen LogP contribution is -2.58. The number of benzene rings is 1. The van der Waals surface area contributed by atoms with E-state index in [4.69, 9.17) is 0 Å². The molecule has 4 aliphatic rings. The van der Waals surface area contributed by atoms with Crippen LogP contribution in [0.25, 0.3) is 0 Å². The van der Waals surface area contributed by atoms with Crippen molar-refractivity contribution in [3.8, 4) is 0 Å². The summed E-state index contributed by atoms with van der Waals surface area (Å²) in [6.45, 7) is 3.39. The number of carbonyl (C=O) groups is 1. The average Bonchev–Trinajstić information content (AvgIpc) is 2.58. The van der Waals surface area contributed by atoms with Crippen molar-refractivity contribution in [2.24, 2.45) is 17.3 Å². The minimum absolute atomic E-state index is 0.0684. The fourth-order valence-corrected chi connectivity index (χ4v) is 8.90. The number of hydrogen-bond donors (Lipinski definition) is 1. The van der Waals surface area contributed by atoms with Gasteiger partial charge in [0.1, 0.15) is 0 Å². The van der Waals surface area contributed by atoms with Crippen LogP contribution in [0, 0.1) is 17.3 Å². The number of nitrogens with zero attached hydrogens (tertiary/aromatic N) is 1. The van der Waals surface area contributed by atoms with Crippen molar-refractivity contribution < 1.29 is 18.3 Å². The summed E-state index contributed by atoms with van der Waals surface area (Å²) < 4.78 is 28.1. The predicted molar refractivity (Wildman–Crippen MR) is 115 cm³/mol. The van der Waals surface area contributed by atoms with Gasteiger partial charge in [-0.15, -0.1) is 0 Å². The maximum atomic E-state index is 13.5. The topological polar surface area (TPSA) is 74.7 Å². The third-order valence-electron chi connectivity index (χ3n) is 7.63. The third kappa shape index (κ3) is 3.62. The molecule has 5 nitrogen and oxygen atoms in total. The summed E-state index contributed by atoms with van der Waals surface area (Å²) in [6.07, 6.45) is 5.86. The lowest BCUT2D eigenvalue weighted by atomic mass is 9.46. The van der Waals surface area contributed by atoms with Crippen LogP contribution in [-0.2, 0) is 14.8 Å². The molecule has 0 spiro atoms. The normalized spacial score (nSPS) is 34.0. The number of likely N-dealkylation sites (N-methyl/N-ethyl adjacent to an activating group) is 1. The quantitative estimate of drug-likeness (QED) is 0.659. The van der Waals surface area contributed by atoms with Gasteiger partial charge in [-0.1, -0.05) is 12.1 Å². The zero-order chi connectivity index (χ0) is 21.2. The SMILES string of the molecule is CN(C(C)(C)C(=O)CC12CC3CC(CC(O)(C3)C1)C2)S(=O)(=O)c1ccccc1Br. The molecule has 0 amide bonds. The lowest BCUT2D eigenvalue weighted by Gasteiger charge is -2.60. The monoisotopic (exact) mass is 483 g/mol. The molecule has 0 radical (unpaired) electrons. The highest BCUT2D eigenvalue weighted by Gasteiger charge is 2.58. The second-order valence-corrected chi connectivity index (χ2v) is 13.0. The van der Waals surface area contributed by atoms with Crippen molar-refractivity contribution >= 4 is 31.7 Å². The highest BCUT2D eigenvalue weighted by atomic mass is 79.9. The van der Waals surface area contributed by atoms with E-state index >= 15 is 0 Å². The van der Waals surface area contributed by atoms with Gasteiger partial charge in [-0.05, 0) is 97.7 Å². The van der Waals surface area contributed by atoms with Crippen LogP contribution >= 0.6 is 15.9 Å². The molecule has 0 heterocycles. The molecule has 2 unspecified atom stereocenters. The van der Waals surface area contributed by atoms with E-state index in [-0.39, 0.29) is 16.1 Å². The molecule has 0 aliphatic heterocycles. The Morgan fingerprint density at radius 3 is 2.34 bits per heavy atom. The van der Waals surface area contributed by atoms with Crippen LogP contribution in [0.4, 0.5) is 0 Å².